The van der Waals surface area contributed by atoms with Crippen LogP contribution in [0, 0.1) is 0 Å². The van der Waals surface area contributed by atoms with Gasteiger partial charge in [-0.15, -0.1) is 0 Å². The number of hydrogen-bond acceptors (Lipinski definition) is 4. The number of methoxy groups -OCH3 is 1. The van der Waals surface area contributed by atoms with Gasteiger partial charge in [-0.25, -0.2) is 4.98 Å². The number of halogens is 3. The van der Waals surface area contributed by atoms with Crippen LogP contribution in [0.25, 0.3) is 11.0 Å². The van der Waals surface area contributed by atoms with Gasteiger partial charge in [0.15, 0.2) is 0 Å². The summed E-state index contributed by atoms with van der Waals surface area (Å²) >= 11 is 0. The number of imidazole rings is 1. The third-order valence-electron chi connectivity index (χ3n) is 4.21. The zero-order valence-corrected chi connectivity index (χ0v) is 15.0. The Morgan fingerprint density at radius 3 is 2.57 bits per heavy atom. The molecule has 0 saturated carbocycles. The van der Waals surface area contributed by atoms with Crippen molar-refractivity contribution in [2.24, 2.45) is 5.73 Å². The van der Waals surface area contributed by atoms with E-state index in [0.29, 0.717) is 5.56 Å². The molecule has 9 heteroatoms. The number of ether oxygens (including phenoxy) is 1. The average Bonchev–Trinajstić information content (AvgIpc) is 3.10. The number of carbonyl (C=O) groups is 1. The molecule has 0 radical (unpaired) electrons. The number of benzene rings is 2. The van der Waals surface area contributed by atoms with Crippen molar-refractivity contribution in [2.75, 3.05) is 13.7 Å². The Kier molecular flexibility index (Phi) is 5.66. The van der Waals surface area contributed by atoms with Gasteiger partial charge in [0.05, 0.1) is 23.7 Å². The van der Waals surface area contributed by atoms with Crippen molar-refractivity contribution >= 4 is 16.9 Å². The number of alkyl halides is 3. The van der Waals surface area contributed by atoms with Gasteiger partial charge in [0.2, 0.25) is 11.7 Å². The zero-order valence-electron chi connectivity index (χ0n) is 15.0. The van der Waals surface area contributed by atoms with E-state index >= 15 is 0 Å². The van der Waals surface area contributed by atoms with Crippen molar-refractivity contribution in [2.45, 2.75) is 18.3 Å². The summed E-state index contributed by atoms with van der Waals surface area (Å²) in [5, 5.41) is 2.84. The number of aromatic nitrogens is 2. The third kappa shape index (κ3) is 4.32. The molecule has 2 unspecified atom stereocenters. The van der Waals surface area contributed by atoms with Crippen LogP contribution in [0.1, 0.15) is 23.0 Å². The van der Waals surface area contributed by atoms with Crippen LogP contribution in [0.4, 0.5) is 13.2 Å². The number of aromatic amines is 1. The van der Waals surface area contributed by atoms with E-state index in [0.717, 1.165) is 5.56 Å². The molecule has 0 fully saturated rings. The highest BCUT2D eigenvalue weighted by Crippen LogP contribution is 2.30. The topological polar surface area (TPSA) is 93.0 Å². The Bertz CT molecular complexity index is 957. The number of carbonyl (C=O) groups excluding carboxylic acids is 1. The van der Waals surface area contributed by atoms with Crippen LogP contribution in [0.2, 0.25) is 0 Å². The van der Waals surface area contributed by atoms with E-state index in [2.05, 4.69) is 15.3 Å². The number of amides is 1. The molecule has 1 aromatic heterocycles. The summed E-state index contributed by atoms with van der Waals surface area (Å²) in [7, 11) is 1.44. The smallest absolute Gasteiger partial charge is 0.383 e. The number of nitrogens with two attached hydrogens (primary N) is 1. The van der Waals surface area contributed by atoms with Crippen molar-refractivity contribution in [3.63, 3.8) is 0 Å². The summed E-state index contributed by atoms with van der Waals surface area (Å²) < 4.78 is 43.6. The summed E-state index contributed by atoms with van der Waals surface area (Å²) in [5.41, 5.74) is 7.56. The van der Waals surface area contributed by atoms with E-state index in [1.165, 1.54) is 19.2 Å². The van der Waals surface area contributed by atoms with Gasteiger partial charge in [0.25, 0.3) is 0 Å². The first-order valence-corrected chi connectivity index (χ1v) is 8.46. The van der Waals surface area contributed by atoms with E-state index in [1.807, 2.05) is 18.2 Å². The molecule has 0 aliphatic heterocycles. The first-order chi connectivity index (χ1) is 13.3. The lowest BCUT2D eigenvalue weighted by Crippen LogP contribution is -2.45. The van der Waals surface area contributed by atoms with Gasteiger partial charge in [-0.05, 0) is 23.3 Å². The molecule has 3 rings (SSSR count). The Hall–Kier alpha value is -2.91. The molecular formula is C19H19F3N4O2. The maximum absolute atomic E-state index is 12.9. The molecule has 148 valence electrons. The second kappa shape index (κ2) is 7.99. The molecule has 0 aliphatic carbocycles. The fourth-order valence-corrected chi connectivity index (χ4v) is 2.85. The quantitative estimate of drug-likeness (QED) is 0.601. The predicted octanol–water partition coefficient (Wildman–Crippen LogP) is 2.76. The fourth-order valence-electron chi connectivity index (χ4n) is 2.85. The molecule has 0 spiro atoms. The van der Waals surface area contributed by atoms with Gasteiger partial charge in [-0.2, -0.15) is 13.2 Å². The van der Waals surface area contributed by atoms with Crippen LogP contribution >= 0.6 is 0 Å². The minimum Gasteiger partial charge on any atom is -0.383 e. The van der Waals surface area contributed by atoms with E-state index in [1.54, 1.807) is 18.2 Å². The highest BCUT2D eigenvalue weighted by Gasteiger charge is 2.34. The van der Waals surface area contributed by atoms with Crippen molar-refractivity contribution < 1.29 is 22.7 Å². The molecule has 6 nitrogen and oxygen atoms in total. The zero-order chi connectivity index (χ0) is 20.3. The van der Waals surface area contributed by atoms with Crippen LogP contribution in [0.5, 0.6) is 0 Å². The van der Waals surface area contributed by atoms with Crippen molar-refractivity contribution in [1.29, 1.82) is 0 Å². The average molecular weight is 392 g/mol. The van der Waals surface area contributed by atoms with Crippen molar-refractivity contribution in [3.8, 4) is 0 Å². The Balaban J connectivity index is 1.99. The number of rotatable bonds is 6. The van der Waals surface area contributed by atoms with Crippen LogP contribution in [-0.2, 0) is 15.7 Å². The molecule has 2 aromatic carbocycles. The highest BCUT2D eigenvalue weighted by atomic mass is 19.4. The summed E-state index contributed by atoms with van der Waals surface area (Å²) in [4.78, 5) is 18.3. The maximum atomic E-state index is 12.9. The summed E-state index contributed by atoms with van der Waals surface area (Å²) in [6, 6.07) is 12.2. The van der Waals surface area contributed by atoms with Gasteiger partial charge in [-0.3, -0.25) is 4.79 Å². The molecule has 1 amide bonds. The molecule has 1 heterocycles. The van der Waals surface area contributed by atoms with Crippen molar-refractivity contribution in [1.82, 2.24) is 15.3 Å². The van der Waals surface area contributed by atoms with Crippen LogP contribution in [-0.4, -0.2) is 35.6 Å². The second-order valence-corrected chi connectivity index (χ2v) is 6.27. The predicted molar refractivity (Wildman–Crippen MR) is 97.4 cm³/mol. The van der Waals surface area contributed by atoms with Gasteiger partial charge in [-0.1, -0.05) is 36.4 Å². The van der Waals surface area contributed by atoms with Crippen LogP contribution in [0.15, 0.2) is 48.5 Å². The number of nitrogens with zero attached hydrogens (tertiary/aromatic N) is 1. The third-order valence-corrected chi connectivity index (χ3v) is 4.21. The van der Waals surface area contributed by atoms with E-state index in [4.69, 9.17) is 10.5 Å². The lowest BCUT2D eigenvalue weighted by atomic mass is 9.98. The number of nitrogens with one attached hydrogen (secondary N) is 2. The molecule has 28 heavy (non-hydrogen) atoms. The van der Waals surface area contributed by atoms with E-state index in [-0.39, 0.29) is 17.6 Å². The Morgan fingerprint density at radius 1 is 1.21 bits per heavy atom. The SMILES string of the molecule is COCC(N)C(=O)NC(c1ccccc1)c1ccc2nc(C(F)(F)F)[nH]c2c1. The van der Waals surface area contributed by atoms with Gasteiger partial charge >= 0.3 is 6.18 Å². The summed E-state index contributed by atoms with van der Waals surface area (Å²) in [6.45, 7) is 0.0435. The Labute approximate surface area is 158 Å². The largest absolute Gasteiger partial charge is 0.449 e. The number of hydrogen-bond donors (Lipinski definition) is 3. The lowest BCUT2D eigenvalue weighted by Gasteiger charge is -2.22. The normalized spacial score (nSPS) is 14.0. The van der Waals surface area contributed by atoms with Crippen LogP contribution < -0.4 is 11.1 Å². The lowest BCUT2D eigenvalue weighted by molar-refractivity contribution is -0.144. The number of fused-ring (bicyclic) bond motifs is 1. The van der Waals surface area contributed by atoms with E-state index in [9.17, 15) is 18.0 Å². The highest BCUT2D eigenvalue weighted by molar-refractivity contribution is 5.83. The van der Waals surface area contributed by atoms with Crippen LogP contribution in [0.3, 0.4) is 0 Å². The van der Waals surface area contributed by atoms with Gasteiger partial charge < -0.3 is 20.8 Å². The number of H-pyrrole nitrogens is 1. The van der Waals surface area contributed by atoms with Crippen molar-refractivity contribution in [3.05, 3.63) is 65.5 Å². The Morgan fingerprint density at radius 2 is 1.93 bits per heavy atom. The summed E-state index contributed by atoms with van der Waals surface area (Å²) in [6.07, 6.45) is -4.57. The van der Waals surface area contributed by atoms with Gasteiger partial charge in [0.1, 0.15) is 6.04 Å². The standard InChI is InChI=1S/C19H19F3N4O2/c1-28-10-13(23)17(27)26-16(11-5-3-2-4-6-11)12-7-8-14-15(9-12)25-18(24-14)19(20,21)22/h2-9,13,16H,10,23H2,1H3,(H,24,25)(H,26,27). The van der Waals surface area contributed by atoms with Gasteiger partial charge in [0, 0.05) is 7.11 Å². The summed E-state index contributed by atoms with van der Waals surface area (Å²) in [5.74, 6) is -1.50. The fraction of sp³-hybridized carbons (Fsp3) is 0.263. The molecule has 0 saturated heterocycles. The molecule has 3 aromatic rings. The second-order valence-electron chi connectivity index (χ2n) is 6.27. The molecule has 0 aliphatic rings. The van der Waals surface area contributed by atoms with E-state index < -0.39 is 30.0 Å². The minimum absolute atomic E-state index is 0.0435. The maximum Gasteiger partial charge on any atom is 0.449 e. The molecule has 0 bridgehead atoms. The first-order valence-electron chi connectivity index (χ1n) is 8.46. The monoisotopic (exact) mass is 392 g/mol. The first kappa shape index (κ1) is 19.8. The molecule has 2 atom stereocenters. The minimum atomic E-state index is -4.57. The molecule has 4 N–H and O–H groups in total. The molecular weight excluding hydrogens is 373 g/mol.